The SMILES string of the molecule is Bc1cc(C[C@@H](OC(=O)N2CCC(N3CCc4ccccc4NC3=O)CC2)C(=O)N2CCN(C3CCNCC3)CC2)cc(Br)c1C. The molecule has 1 atom stereocenters. The molecule has 12 heteroatoms. The van der Waals surface area contributed by atoms with Crippen molar-refractivity contribution in [2.45, 2.75) is 63.6 Å². The topological polar surface area (TPSA) is 97.5 Å². The number of fused-ring (bicyclic) bond motifs is 1. The first kappa shape index (κ1) is 32.8. The molecule has 0 spiro atoms. The lowest BCUT2D eigenvalue weighted by molar-refractivity contribution is -0.143. The summed E-state index contributed by atoms with van der Waals surface area (Å²) in [6.45, 7) is 8.71. The van der Waals surface area contributed by atoms with Gasteiger partial charge < -0.3 is 30.1 Å². The molecular formula is C34H46BBrN6O4. The first-order valence-electron chi connectivity index (χ1n) is 16.9. The summed E-state index contributed by atoms with van der Waals surface area (Å²) in [5.41, 5.74) is 5.25. The standard InChI is InChI=1S/C34H46BBrN6O4/c1-23-28(35)20-24(21-29(23)36)22-31(32(43)40-18-16-39(17-19-40)26-6-11-37-12-7-26)46-34(45)41-13-9-27(10-14-41)42-15-8-25-4-2-3-5-30(25)38-33(42)44/h2-5,20-21,26-27,31,37H,6-19,22,35H2,1H3,(H,38,44)/t31-/m1/s1. The fraction of sp³-hybridized carbons (Fsp3) is 0.559. The molecule has 4 aliphatic heterocycles. The fourth-order valence-corrected chi connectivity index (χ4v) is 7.98. The lowest BCUT2D eigenvalue weighted by Gasteiger charge is -2.41. The summed E-state index contributed by atoms with van der Waals surface area (Å²) in [7, 11) is 2.06. The van der Waals surface area contributed by atoms with Crippen molar-refractivity contribution in [3.05, 3.63) is 57.6 Å². The van der Waals surface area contributed by atoms with E-state index in [1.54, 1.807) is 4.90 Å². The van der Waals surface area contributed by atoms with E-state index in [1.165, 1.54) is 0 Å². The third-order valence-electron chi connectivity index (χ3n) is 10.4. The molecule has 3 fully saturated rings. The number of ether oxygens (including phenoxy) is 1. The number of hydrogen-bond acceptors (Lipinski definition) is 6. The Hall–Kier alpha value is -3.09. The lowest BCUT2D eigenvalue weighted by Crippen LogP contribution is -2.56. The molecular weight excluding hydrogens is 647 g/mol. The van der Waals surface area contributed by atoms with E-state index in [0.717, 1.165) is 77.8 Å². The molecule has 0 bridgehead atoms. The molecule has 6 rings (SSSR count). The maximum atomic E-state index is 14.0. The van der Waals surface area contributed by atoms with Gasteiger partial charge in [0.2, 0.25) is 0 Å². The third kappa shape index (κ3) is 7.55. The second kappa shape index (κ2) is 14.8. The second-order valence-corrected chi connectivity index (χ2v) is 14.0. The lowest BCUT2D eigenvalue weighted by atomic mass is 9.88. The normalized spacial score (nSPS) is 20.9. The Morgan fingerprint density at radius 3 is 2.39 bits per heavy atom. The Bertz CT molecular complexity index is 1400. The Morgan fingerprint density at radius 2 is 1.67 bits per heavy atom. The van der Waals surface area contributed by atoms with E-state index in [4.69, 9.17) is 4.74 Å². The maximum Gasteiger partial charge on any atom is 0.410 e. The van der Waals surface area contributed by atoms with Gasteiger partial charge in [0.25, 0.3) is 5.91 Å². The summed E-state index contributed by atoms with van der Waals surface area (Å²) < 4.78 is 7.08. The number of rotatable bonds is 6. The van der Waals surface area contributed by atoms with Crippen LogP contribution in [0.5, 0.6) is 0 Å². The number of piperidine rings is 2. The number of para-hydroxylation sites is 1. The number of carbonyl (C=O) groups is 3. The van der Waals surface area contributed by atoms with Crippen LogP contribution in [0.3, 0.4) is 0 Å². The number of hydrogen-bond donors (Lipinski definition) is 2. The van der Waals surface area contributed by atoms with Crippen molar-refractivity contribution >= 4 is 53.0 Å². The quantitative estimate of drug-likeness (QED) is 0.452. The predicted molar refractivity (Wildman–Crippen MR) is 186 cm³/mol. The molecule has 4 amide bonds. The number of nitrogens with zero attached hydrogens (tertiary/aromatic N) is 4. The summed E-state index contributed by atoms with van der Waals surface area (Å²) in [5.74, 6) is -0.122. The van der Waals surface area contributed by atoms with E-state index in [2.05, 4.69) is 58.4 Å². The number of likely N-dealkylation sites (tertiary alicyclic amines) is 1. The molecule has 0 aliphatic carbocycles. The first-order chi connectivity index (χ1) is 22.3. The zero-order chi connectivity index (χ0) is 32.2. The van der Waals surface area contributed by atoms with E-state index in [9.17, 15) is 14.4 Å². The van der Waals surface area contributed by atoms with E-state index >= 15 is 0 Å². The van der Waals surface area contributed by atoms with Gasteiger partial charge >= 0.3 is 12.1 Å². The fourth-order valence-electron chi connectivity index (χ4n) is 7.38. The minimum absolute atomic E-state index is 0.0416. The van der Waals surface area contributed by atoms with Gasteiger partial charge in [0, 0.05) is 74.5 Å². The van der Waals surface area contributed by atoms with Gasteiger partial charge in [-0.25, -0.2) is 9.59 Å². The van der Waals surface area contributed by atoms with Crippen molar-refractivity contribution < 1.29 is 19.1 Å². The van der Waals surface area contributed by atoms with Crippen LogP contribution in [0, 0.1) is 6.92 Å². The largest absolute Gasteiger partial charge is 0.436 e. The minimum atomic E-state index is -0.903. The zero-order valence-electron chi connectivity index (χ0n) is 27.1. The summed E-state index contributed by atoms with van der Waals surface area (Å²) >= 11 is 3.66. The van der Waals surface area contributed by atoms with Crippen LogP contribution in [0.1, 0.15) is 42.4 Å². The molecule has 0 saturated carbocycles. The van der Waals surface area contributed by atoms with Crippen LogP contribution in [0.25, 0.3) is 0 Å². The van der Waals surface area contributed by atoms with Crippen LogP contribution in [0.2, 0.25) is 0 Å². The highest BCUT2D eigenvalue weighted by Gasteiger charge is 2.36. The van der Waals surface area contributed by atoms with Crippen molar-refractivity contribution in [1.29, 1.82) is 0 Å². The van der Waals surface area contributed by atoms with Crippen LogP contribution >= 0.6 is 15.9 Å². The molecule has 2 N–H and O–H groups in total. The monoisotopic (exact) mass is 692 g/mol. The molecule has 4 heterocycles. The third-order valence-corrected chi connectivity index (χ3v) is 11.2. The van der Waals surface area contributed by atoms with Gasteiger partial charge in [0.1, 0.15) is 7.85 Å². The average Bonchev–Trinajstić information content (AvgIpc) is 3.25. The smallest absolute Gasteiger partial charge is 0.410 e. The average molecular weight is 693 g/mol. The number of halogens is 1. The summed E-state index contributed by atoms with van der Waals surface area (Å²) in [4.78, 5) is 48.7. The van der Waals surface area contributed by atoms with Crippen LogP contribution in [-0.2, 0) is 22.4 Å². The minimum Gasteiger partial charge on any atom is -0.436 e. The molecule has 0 unspecified atom stereocenters. The number of piperazine rings is 1. The van der Waals surface area contributed by atoms with Gasteiger partial charge in [0.05, 0.1) is 0 Å². The van der Waals surface area contributed by atoms with Crippen molar-refractivity contribution in [3.63, 3.8) is 0 Å². The molecule has 46 heavy (non-hydrogen) atoms. The molecule has 10 nitrogen and oxygen atoms in total. The van der Waals surface area contributed by atoms with Crippen molar-refractivity contribution in [2.75, 3.05) is 64.2 Å². The van der Waals surface area contributed by atoms with E-state index < -0.39 is 12.2 Å². The highest BCUT2D eigenvalue weighted by atomic mass is 79.9. The Kier molecular flexibility index (Phi) is 10.5. The number of nitrogens with one attached hydrogen (secondary N) is 2. The maximum absolute atomic E-state index is 14.0. The molecule has 4 aliphatic rings. The van der Waals surface area contributed by atoms with Gasteiger partial charge in [-0.2, -0.15) is 0 Å². The van der Waals surface area contributed by atoms with Crippen molar-refractivity contribution in [2.24, 2.45) is 0 Å². The number of urea groups is 1. The van der Waals surface area contributed by atoms with Crippen molar-refractivity contribution in [3.8, 4) is 0 Å². The predicted octanol–water partition coefficient (Wildman–Crippen LogP) is 2.51. The zero-order valence-corrected chi connectivity index (χ0v) is 28.7. The van der Waals surface area contributed by atoms with Crippen molar-refractivity contribution in [1.82, 2.24) is 24.9 Å². The number of benzene rings is 2. The van der Waals surface area contributed by atoms with Gasteiger partial charge in [-0.15, -0.1) is 0 Å². The molecule has 3 saturated heterocycles. The highest BCUT2D eigenvalue weighted by Crippen LogP contribution is 2.26. The Morgan fingerprint density at radius 1 is 0.957 bits per heavy atom. The molecule has 0 radical (unpaired) electrons. The van der Waals surface area contributed by atoms with Gasteiger partial charge in [-0.05, 0) is 80.9 Å². The first-order valence-corrected chi connectivity index (χ1v) is 17.7. The summed E-state index contributed by atoms with van der Waals surface area (Å²) in [6.07, 6.45) is 3.37. The van der Waals surface area contributed by atoms with E-state index in [1.807, 2.05) is 34.1 Å². The van der Waals surface area contributed by atoms with E-state index in [-0.39, 0.29) is 18.0 Å². The molecule has 2 aromatic rings. The second-order valence-electron chi connectivity index (χ2n) is 13.2. The van der Waals surface area contributed by atoms with Gasteiger partial charge in [-0.1, -0.05) is 45.7 Å². The number of anilines is 1. The molecule has 2 aromatic carbocycles. The Balaban J connectivity index is 1.09. The summed E-state index contributed by atoms with van der Waals surface area (Å²) in [5, 5.41) is 6.49. The van der Waals surface area contributed by atoms with Gasteiger partial charge in [0.15, 0.2) is 6.10 Å². The van der Waals surface area contributed by atoms with E-state index in [0.29, 0.717) is 58.0 Å². The Labute approximate surface area is 281 Å². The highest BCUT2D eigenvalue weighted by molar-refractivity contribution is 9.10. The number of carbonyl (C=O) groups excluding carboxylic acids is 3. The molecule has 0 aromatic heterocycles. The summed E-state index contributed by atoms with van der Waals surface area (Å²) in [6, 6.07) is 12.6. The van der Waals surface area contributed by atoms with Gasteiger partial charge in [-0.3, -0.25) is 9.69 Å². The van der Waals surface area contributed by atoms with Crippen LogP contribution in [0.15, 0.2) is 40.9 Å². The number of amides is 4. The van der Waals surface area contributed by atoms with Crippen LogP contribution in [-0.4, -0.2) is 123 Å². The molecule has 246 valence electrons. The van der Waals surface area contributed by atoms with Crippen LogP contribution < -0.4 is 16.1 Å². The van der Waals surface area contributed by atoms with Crippen LogP contribution in [0.4, 0.5) is 15.3 Å².